The standard InChI is InChI=1S/C30H43F5N2O.C8H9NS.C5H10FN.C4H6O/c1-9-14-27(38-8)36-29-24(19-25(30(33,34)35)23(28(29)32)15-12-13-18-31)22(7)37(11-3)26(20(4)5)17-16-21(6)10-2;1-6(2)8-7(5-9)3-4-10-8;1-7-3-2-5(6)4-7;1-3-4(2)5/h12-15,18-21,26H,9-11,16-17H2,1-8H3;3-4,6H,1-2H3;5H,2-4H2,1H3;3H,1H2,2H3/b15-12+,18-13+,24-22+,27-14-,36-29+;;;. The Morgan fingerprint density at radius 1 is 1.15 bits per heavy atom. The average Bonchev–Trinajstić information content (AvgIpc) is 3.85. The number of thiophene rings is 1. The van der Waals surface area contributed by atoms with Gasteiger partial charge in [-0.1, -0.05) is 73.6 Å². The van der Waals surface area contributed by atoms with Crippen LogP contribution in [0.5, 0.6) is 0 Å². The second-order valence-corrected chi connectivity index (χ2v) is 16.1. The van der Waals surface area contributed by atoms with Crippen LogP contribution < -0.4 is 0 Å². The summed E-state index contributed by atoms with van der Waals surface area (Å²) in [6.45, 7) is 25.0. The van der Waals surface area contributed by atoms with Crippen molar-refractivity contribution in [3.63, 3.8) is 0 Å². The van der Waals surface area contributed by atoms with Crippen LogP contribution in [-0.4, -0.2) is 73.5 Å². The van der Waals surface area contributed by atoms with Gasteiger partial charge in [-0.2, -0.15) is 18.4 Å². The Labute approximate surface area is 360 Å². The molecule has 1 aliphatic carbocycles. The Hall–Kier alpha value is -4.15. The van der Waals surface area contributed by atoms with E-state index in [0.717, 1.165) is 62.1 Å². The summed E-state index contributed by atoms with van der Waals surface area (Å²) in [4.78, 5) is 19.3. The van der Waals surface area contributed by atoms with Crippen molar-refractivity contribution in [2.24, 2.45) is 16.8 Å². The predicted octanol–water partition coefficient (Wildman–Crippen LogP) is 13.7. The zero-order valence-electron chi connectivity index (χ0n) is 37.7. The fourth-order valence-corrected chi connectivity index (χ4v) is 7.08. The first-order valence-corrected chi connectivity index (χ1v) is 21.4. The van der Waals surface area contributed by atoms with E-state index in [1.807, 2.05) is 37.2 Å². The number of hydrogen-bond donors (Lipinski definition) is 0. The number of aliphatic imine (C=N–C) groups is 1. The third-order valence-electron chi connectivity index (χ3n) is 9.78. The van der Waals surface area contributed by atoms with E-state index in [0.29, 0.717) is 37.0 Å². The molecule has 1 aromatic heterocycles. The maximum absolute atomic E-state index is 16.0. The number of allylic oxidation sites excluding steroid dienone is 11. The number of ketones is 1. The monoisotopic (exact) mass is 866 g/mol. The molecule has 0 N–H and O–H groups in total. The van der Waals surface area contributed by atoms with Gasteiger partial charge in [0.05, 0.1) is 24.6 Å². The lowest BCUT2D eigenvalue weighted by atomic mass is 9.88. The fourth-order valence-electron chi connectivity index (χ4n) is 6.22. The molecule has 60 heavy (non-hydrogen) atoms. The van der Waals surface area contributed by atoms with Gasteiger partial charge in [0, 0.05) is 47.4 Å². The number of carbonyl (C=O) groups excluding carboxylic acids is 1. The predicted molar refractivity (Wildman–Crippen MR) is 238 cm³/mol. The number of carbonyl (C=O) groups is 1. The summed E-state index contributed by atoms with van der Waals surface area (Å²) in [5.74, 6) is 0.181. The summed E-state index contributed by atoms with van der Waals surface area (Å²) < 4.78 is 88.5. The van der Waals surface area contributed by atoms with Gasteiger partial charge >= 0.3 is 6.18 Å². The number of halogens is 6. The normalized spacial score (nSPS) is 18.6. The first kappa shape index (κ1) is 55.9. The number of rotatable bonds is 15. The summed E-state index contributed by atoms with van der Waals surface area (Å²) in [7, 11) is 3.32. The second kappa shape index (κ2) is 29.2. The maximum Gasteiger partial charge on any atom is 0.417 e. The number of hydrogen-bond acceptors (Lipinski definition) is 7. The number of ether oxygens (including phenoxy) is 1. The highest BCUT2D eigenvalue weighted by Gasteiger charge is 2.41. The van der Waals surface area contributed by atoms with Crippen molar-refractivity contribution in [3.8, 4) is 6.07 Å². The molecule has 6 nitrogen and oxygen atoms in total. The molecule has 0 amide bonds. The lowest BCUT2D eigenvalue weighted by Gasteiger charge is -2.38. The van der Waals surface area contributed by atoms with Crippen molar-refractivity contribution in [3.05, 3.63) is 105 Å². The molecule has 0 aromatic carbocycles. The van der Waals surface area contributed by atoms with Crippen molar-refractivity contribution in [2.75, 3.05) is 33.8 Å². The summed E-state index contributed by atoms with van der Waals surface area (Å²) >= 11 is 1.66. The number of nitrogens with zero attached hydrogens (tertiary/aromatic N) is 4. The van der Waals surface area contributed by atoms with Crippen molar-refractivity contribution in [1.82, 2.24) is 9.80 Å². The third kappa shape index (κ3) is 19.5. The van der Waals surface area contributed by atoms with Crippen LogP contribution in [0.1, 0.15) is 118 Å². The van der Waals surface area contributed by atoms with E-state index in [1.54, 1.807) is 24.3 Å². The molecule has 2 heterocycles. The van der Waals surface area contributed by atoms with E-state index >= 15 is 4.39 Å². The quantitative estimate of drug-likeness (QED) is 0.0760. The zero-order valence-corrected chi connectivity index (χ0v) is 38.5. The summed E-state index contributed by atoms with van der Waals surface area (Å²) in [5.41, 5.74) is -0.725. The van der Waals surface area contributed by atoms with Crippen molar-refractivity contribution < 1.29 is 35.9 Å². The minimum absolute atomic E-state index is 0.0185. The number of methoxy groups -OCH3 is 1. The molecule has 1 saturated heterocycles. The van der Waals surface area contributed by atoms with Gasteiger partial charge in [-0.15, -0.1) is 11.3 Å². The number of nitriles is 1. The van der Waals surface area contributed by atoms with E-state index in [4.69, 9.17) is 10.00 Å². The van der Waals surface area contributed by atoms with Gasteiger partial charge in [-0.05, 0) is 107 Å². The highest BCUT2D eigenvalue weighted by molar-refractivity contribution is 7.10. The molecule has 0 radical (unpaired) electrons. The molecule has 0 bridgehead atoms. The van der Waals surface area contributed by atoms with Crippen molar-refractivity contribution in [1.29, 1.82) is 5.26 Å². The molecule has 2 aliphatic rings. The van der Waals surface area contributed by atoms with E-state index in [1.165, 1.54) is 25.0 Å². The Morgan fingerprint density at radius 3 is 2.17 bits per heavy atom. The van der Waals surface area contributed by atoms with Gasteiger partial charge in [-0.25, -0.2) is 18.2 Å². The molecule has 0 saturated carbocycles. The van der Waals surface area contributed by atoms with Crippen LogP contribution in [0.25, 0.3) is 0 Å². The lowest BCUT2D eigenvalue weighted by molar-refractivity contribution is -0.112. The minimum Gasteiger partial charge on any atom is -0.481 e. The molecule has 1 aromatic rings. The van der Waals surface area contributed by atoms with Crippen LogP contribution in [0.2, 0.25) is 0 Å². The van der Waals surface area contributed by atoms with Crippen LogP contribution in [0, 0.1) is 23.2 Å². The fraction of sp³-hybridized carbons (Fsp3) is 0.553. The largest absolute Gasteiger partial charge is 0.481 e. The molecule has 3 unspecified atom stereocenters. The first-order chi connectivity index (χ1) is 28.2. The molecule has 1 aliphatic heterocycles. The Kier molecular flexibility index (Phi) is 27.1. The Morgan fingerprint density at radius 2 is 1.78 bits per heavy atom. The molecule has 3 atom stereocenters. The first-order valence-electron chi connectivity index (χ1n) is 20.6. The van der Waals surface area contributed by atoms with Gasteiger partial charge in [0.15, 0.2) is 11.6 Å². The van der Waals surface area contributed by atoms with Gasteiger partial charge in [0.25, 0.3) is 0 Å². The molecule has 3 rings (SSSR count). The van der Waals surface area contributed by atoms with Gasteiger partial charge in [-0.3, -0.25) is 4.79 Å². The van der Waals surface area contributed by atoms with Gasteiger partial charge in [0.1, 0.15) is 18.0 Å². The third-order valence-corrected chi connectivity index (χ3v) is 11.0. The van der Waals surface area contributed by atoms with Crippen LogP contribution in [-0.2, 0) is 9.53 Å². The summed E-state index contributed by atoms with van der Waals surface area (Å²) in [6.07, 6.45) is 5.57. The highest BCUT2D eigenvalue weighted by atomic mass is 32.1. The van der Waals surface area contributed by atoms with Gasteiger partial charge < -0.3 is 14.5 Å². The van der Waals surface area contributed by atoms with Gasteiger partial charge in [0.2, 0.25) is 5.88 Å². The van der Waals surface area contributed by atoms with Crippen LogP contribution in [0.15, 0.2) is 99.9 Å². The molecule has 1 fully saturated rings. The number of alkyl halides is 4. The van der Waals surface area contributed by atoms with Crippen molar-refractivity contribution in [2.45, 2.75) is 126 Å². The lowest BCUT2D eigenvalue weighted by Crippen LogP contribution is -2.39. The second-order valence-electron chi connectivity index (χ2n) is 15.2. The zero-order chi connectivity index (χ0) is 46.2. The van der Waals surface area contributed by atoms with Crippen molar-refractivity contribution >= 4 is 22.8 Å². The van der Waals surface area contributed by atoms with E-state index in [-0.39, 0.29) is 41.2 Å². The molecular weight excluding hydrogens is 799 g/mol. The van der Waals surface area contributed by atoms with E-state index in [9.17, 15) is 26.7 Å². The van der Waals surface area contributed by atoms with Crippen LogP contribution >= 0.6 is 11.3 Å². The highest BCUT2D eigenvalue weighted by Crippen LogP contribution is 2.41. The topological polar surface area (TPSA) is 68.9 Å². The molecular formula is C47H68F6N4O2S. The van der Waals surface area contributed by atoms with Crippen LogP contribution in [0.4, 0.5) is 26.3 Å². The molecule has 0 spiro atoms. The maximum atomic E-state index is 16.0. The molecule has 336 valence electrons. The van der Waals surface area contributed by atoms with E-state index in [2.05, 4.69) is 64.1 Å². The Balaban J connectivity index is 0.00000126. The minimum atomic E-state index is -4.85. The smallest absolute Gasteiger partial charge is 0.417 e. The van der Waals surface area contributed by atoms with Crippen LogP contribution in [0.3, 0.4) is 0 Å². The summed E-state index contributed by atoms with van der Waals surface area (Å²) in [5, 5.41) is 10.6. The molecule has 13 heteroatoms. The summed E-state index contributed by atoms with van der Waals surface area (Å²) in [6, 6.07) is 4.09. The SMILES string of the molecule is C=CC(C)=O.CC(C)c1sccc1C#N.CC/C=C(/N=C1C(F)=C(/C=C/C=C/F)C(C(F)(F)F)=CC/1=C(/C)N(CC)C(CCC(C)CC)C(C)C)OC.CN1CCC(F)C1. The van der Waals surface area contributed by atoms with E-state index < -0.39 is 29.3 Å². The average molecular weight is 867 g/mol. The number of likely N-dealkylation sites (tertiary alicyclic amines) is 1. The Bertz CT molecular complexity index is 1740.